The van der Waals surface area contributed by atoms with E-state index in [1.54, 1.807) is 18.3 Å². The largest absolute Gasteiger partial charge is 0.361 e. The van der Waals surface area contributed by atoms with Gasteiger partial charge < -0.3 is 10.3 Å². The zero-order chi connectivity index (χ0) is 16.4. The predicted molar refractivity (Wildman–Crippen MR) is 86.0 cm³/mol. The topological polar surface area (TPSA) is 57.8 Å². The number of carbonyl (C=O) groups is 1. The molecule has 23 heavy (non-hydrogen) atoms. The Morgan fingerprint density at radius 2 is 2.26 bits per heavy atom. The fraction of sp³-hybridized carbons (Fsp3) is 0.200. The molecule has 8 heteroatoms. The van der Waals surface area contributed by atoms with Crippen molar-refractivity contribution in [3.05, 3.63) is 51.6 Å². The molecule has 0 saturated carbocycles. The van der Waals surface area contributed by atoms with Crippen molar-refractivity contribution in [3.63, 3.8) is 0 Å². The molecule has 2 aromatic heterocycles. The Kier molecular flexibility index (Phi) is 4.32. The number of H-pyrrole nitrogens is 1. The SMILES string of the molecule is O=C(NCCc1c[nH]c2cc(Cl)ccc12)C(F)(F)c1cncs1. The quantitative estimate of drug-likeness (QED) is 0.732. The van der Waals surface area contributed by atoms with Gasteiger partial charge in [-0.1, -0.05) is 17.7 Å². The molecule has 0 radical (unpaired) electrons. The molecule has 0 atom stereocenters. The molecule has 1 amide bonds. The fourth-order valence-electron chi connectivity index (χ4n) is 2.27. The van der Waals surface area contributed by atoms with Gasteiger partial charge in [-0.2, -0.15) is 8.78 Å². The van der Waals surface area contributed by atoms with E-state index in [9.17, 15) is 13.6 Å². The number of carbonyl (C=O) groups excluding carboxylic acids is 1. The van der Waals surface area contributed by atoms with Gasteiger partial charge in [0.1, 0.15) is 4.88 Å². The first kappa shape index (κ1) is 15.9. The maximum Gasteiger partial charge on any atom is 0.360 e. The number of thiazole rings is 1. The van der Waals surface area contributed by atoms with E-state index in [0.717, 1.165) is 34.0 Å². The lowest BCUT2D eigenvalue weighted by molar-refractivity contribution is -0.146. The molecule has 120 valence electrons. The second-order valence-electron chi connectivity index (χ2n) is 4.95. The highest BCUT2D eigenvalue weighted by Crippen LogP contribution is 2.30. The highest BCUT2D eigenvalue weighted by Gasteiger charge is 2.42. The van der Waals surface area contributed by atoms with Gasteiger partial charge in [0.25, 0.3) is 5.91 Å². The minimum absolute atomic E-state index is 0.114. The first-order chi connectivity index (χ1) is 11.0. The number of amides is 1. The molecule has 0 aliphatic rings. The number of alkyl halides is 2. The van der Waals surface area contributed by atoms with E-state index < -0.39 is 11.8 Å². The Hall–Kier alpha value is -1.99. The van der Waals surface area contributed by atoms with Crippen molar-refractivity contribution >= 4 is 39.7 Å². The fourth-order valence-corrected chi connectivity index (χ4v) is 3.04. The molecule has 4 nitrogen and oxygen atoms in total. The third kappa shape index (κ3) is 3.20. The maximum atomic E-state index is 13.9. The van der Waals surface area contributed by atoms with Crippen LogP contribution < -0.4 is 5.32 Å². The summed E-state index contributed by atoms with van der Waals surface area (Å²) in [7, 11) is 0. The minimum Gasteiger partial charge on any atom is -0.361 e. The van der Waals surface area contributed by atoms with E-state index in [0.29, 0.717) is 11.4 Å². The molecule has 0 saturated heterocycles. The zero-order valence-electron chi connectivity index (χ0n) is 11.8. The molecule has 3 rings (SSSR count). The van der Waals surface area contributed by atoms with E-state index in [1.165, 1.54) is 5.51 Å². The van der Waals surface area contributed by atoms with Crippen LogP contribution in [-0.2, 0) is 17.1 Å². The number of aromatic amines is 1. The van der Waals surface area contributed by atoms with Crippen LogP contribution in [0.1, 0.15) is 10.4 Å². The predicted octanol–water partition coefficient (Wildman–Crippen LogP) is 3.73. The van der Waals surface area contributed by atoms with Crippen LogP contribution in [0.3, 0.4) is 0 Å². The van der Waals surface area contributed by atoms with Crippen LogP contribution in [0.15, 0.2) is 36.1 Å². The Labute approximate surface area is 139 Å². The van der Waals surface area contributed by atoms with Gasteiger partial charge in [-0.05, 0) is 24.1 Å². The Morgan fingerprint density at radius 1 is 1.43 bits per heavy atom. The Morgan fingerprint density at radius 3 is 3.00 bits per heavy atom. The Balaban J connectivity index is 1.63. The third-order valence-electron chi connectivity index (χ3n) is 3.44. The van der Waals surface area contributed by atoms with Crippen LogP contribution in [0, 0.1) is 0 Å². The van der Waals surface area contributed by atoms with Crippen LogP contribution in [0.4, 0.5) is 8.78 Å². The molecule has 0 aliphatic carbocycles. The van der Waals surface area contributed by atoms with Gasteiger partial charge in [-0.25, -0.2) is 0 Å². The number of fused-ring (bicyclic) bond motifs is 1. The van der Waals surface area contributed by atoms with E-state index in [1.807, 2.05) is 6.07 Å². The molecule has 2 N–H and O–H groups in total. The maximum absolute atomic E-state index is 13.9. The van der Waals surface area contributed by atoms with Gasteiger partial charge in [0.05, 0.1) is 5.51 Å². The van der Waals surface area contributed by atoms with Gasteiger partial charge in [0.15, 0.2) is 0 Å². The number of hydrogen-bond acceptors (Lipinski definition) is 3. The number of nitrogens with zero attached hydrogens (tertiary/aromatic N) is 1. The smallest absolute Gasteiger partial charge is 0.360 e. The molecule has 0 aliphatic heterocycles. The lowest BCUT2D eigenvalue weighted by atomic mass is 10.1. The highest BCUT2D eigenvalue weighted by molar-refractivity contribution is 7.09. The van der Waals surface area contributed by atoms with E-state index >= 15 is 0 Å². The number of rotatable bonds is 5. The molecular weight excluding hydrogens is 344 g/mol. The first-order valence-corrected chi connectivity index (χ1v) is 8.05. The molecule has 0 bridgehead atoms. The summed E-state index contributed by atoms with van der Waals surface area (Å²) in [6.07, 6.45) is 3.23. The van der Waals surface area contributed by atoms with Gasteiger partial charge in [0, 0.05) is 34.9 Å². The van der Waals surface area contributed by atoms with Crippen LogP contribution in [0.5, 0.6) is 0 Å². The van der Waals surface area contributed by atoms with Gasteiger partial charge in [-0.3, -0.25) is 9.78 Å². The summed E-state index contributed by atoms with van der Waals surface area (Å²) in [6, 6.07) is 5.41. The molecule has 1 aromatic carbocycles. The second-order valence-corrected chi connectivity index (χ2v) is 6.27. The number of halogens is 3. The van der Waals surface area contributed by atoms with Gasteiger partial charge >= 0.3 is 5.92 Å². The number of nitrogens with one attached hydrogen (secondary N) is 2. The molecule has 0 spiro atoms. The average molecular weight is 356 g/mol. The minimum atomic E-state index is -3.56. The summed E-state index contributed by atoms with van der Waals surface area (Å²) in [6.45, 7) is 0.114. The van der Waals surface area contributed by atoms with Crippen molar-refractivity contribution in [2.24, 2.45) is 0 Å². The molecule has 0 fully saturated rings. The molecule has 2 heterocycles. The number of hydrogen-bond donors (Lipinski definition) is 2. The number of benzene rings is 1. The Bertz CT molecular complexity index is 832. The zero-order valence-corrected chi connectivity index (χ0v) is 13.3. The van der Waals surface area contributed by atoms with Crippen LogP contribution in [-0.4, -0.2) is 22.4 Å². The first-order valence-electron chi connectivity index (χ1n) is 6.79. The molecule has 3 aromatic rings. The normalized spacial score (nSPS) is 11.8. The lowest BCUT2D eigenvalue weighted by Crippen LogP contribution is -2.38. The summed E-state index contributed by atoms with van der Waals surface area (Å²) in [5, 5.41) is 3.85. The van der Waals surface area contributed by atoms with Crippen LogP contribution in [0.2, 0.25) is 5.02 Å². The van der Waals surface area contributed by atoms with E-state index in [2.05, 4.69) is 15.3 Å². The monoisotopic (exact) mass is 355 g/mol. The molecule has 0 unspecified atom stereocenters. The number of aromatic nitrogens is 2. The van der Waals surface area contributed by atoms with E-state index in [-0.39, 0.29) is 11.4 Å². The van der Waals surface area contributed by atoms with Crippen molar-refractivity contribution < 1.29 is 13.6 Å². The summed E-state index contributed by atoms with van der Waals surface area (Å²) in [5.41, 5.74) is 3.07. The van der Waals surface area contributed by atoms with E-state index in [4.69, 9.17) is 11.6 Å². The van der Waals surface area contributed by atoms with Crippen molar-refractivity contribution in [2.45, 2.75) is 12.3 Å². The standard InChI is InChI=1S/C15H12ClF2N3OS/c16-10-1-2-11-9(6-21-12(11)5-10)3-4-20-14(22)15(17,18)13-7-19-8-23-13/h1-2,5-8,21H,3-4H2,(H,20,22). The van der Waals surface area contributed by atoms with Crippen LogP contribution in [0.25, 0.3) is 10.9 Å². The summed E-state index contributed by atoms with van der Waals surface area (Å²) in [4.78, 5) is 18.0. The van der Waals surface area contributed by atoms with Crippen molar-refractivity contribution in [3.8, 4) is 0 Å². The summed E-state index contributed by atoms with van der Waals surface area (Å²) >= 11 is 6.66. The lowest BCUT2D eigenvalue weighted by Gasteiger charge is -2.13. The molecular formula is C15H12ClF2N3OS. The van der Waals surface area contributed by atoms with Crippen molar-refractivity contribution in [1.82, 2.24) is 15.3 Å². The van der Waals surface area contributed by atoms with Crippen LogP contribution >= 0.6 is 22.9 Å². The van der Waals surface area contributed by atoms with Crippen molar-refractivity contribution in [1.29, 1.82) is 0 Å². The second kappa shape index (κ2) is 6.25. The average Bonchev–Trinajstić information content (AvgIpc) is 3.17. The van der Waals surface area contributed by atoms with Gasteiger partial charge in [-0.15, -0.1) is 11.3 Å². The third-order valence-corrected chi connectivity index (χ3v) is 4.51. The highest BCUT2D eigenvalue weighted by atomic mass is 35.5. The summed E-state index contributed by atoms with van der Waals surface area (Å²) in [5.74, 6) is -4.88. The van der Waals surface area contributed by atoms with Crippen molar-refractivity contribution in [2.75, 3.05) is 6.54 Å². The summed E-state index contributed by atoms with van der Waals surface area (Å²) < 4.78 is 27.8. The van der Waals surface area contributed by atoms with Gasteiger partial charge in [0.2, 0.25) is 0 Å².